The third-order valence-electron chi connectivity index (χ3n) is 4.31. The predicted molar refractivity (Wildman–Crippen MR) is 72.1 cm³/mol. The highest BCUT2D eigenvalue weighted by Gasteiger charge is 2.20. The molecular formula is C15H30O2. The van der Waals surface area contributed by atoms with Crippen LogP contribution >= 0.6 is 0 Å². The summed E-state index contributed by atoms with van der Waals surface area (Å²) >= 11 is 0. The maximum absolute atomic E-state index is 9.24. The maximum Gasteiger partial charge on any atom is 0.0571 e. The average Bonchev–Trinajstić information content (AvgIpc) is 2.38. The molecule has 2 heteroatoms. The molecule has 0 saturated heterocycles. The van der Waals surface area contributed by atoms with Gasteiger partial charge in [-0.05, 0) is 50.4 Å². The van der Waals surface area contributed by atoms with Crippen LogP contribution in [0.25, 0.3) is 0 Å². The molecule has 2 nitrogen and oxygen atoms in total. The van der Waals surface area contributed by atoms with Gasteiger partial charge in [0.1, 0.15) is 0 Å². The molecule has 0 heterocycles. The van der Waals surface area contributed by atoms with Gasteiger partial charge in [0.05, 0.1) is 6.10 Å². The van der Waals surface area contributed by atoms with Crippen molar-refractivity contribution in [1.29, 1.82) is 0 Å². The Balaban J connectivity index is 2.06. The monoisotopic (exact) mass is 242 g/mol. The minimum absolute atomic E-state index is 0.379. The van der Waals surface area contributed by atoms with Crippen molar-refractivity contribution in [3.63, 3.8) is 0 Å². The summed E-state index contributed by atoms with van der Waals surface area (Å²) in [7, 11) is 1.83. The van der Waals surface area contributed by atoms with Crippen LogP contribution in [0.5, 0.6) is 0 Å². The minimum Gasteiger partial charge on any atom is -0.396 e. The smallest absolute Gasteiger partial charge is 0.0571 e. The largest absolute Gasteiger partial charge is 0.396 e. The molecule has 0 aliphatic heterocycles. The molecule has 1 atom stereocenters. The van der Waals surface area contributed by atoms with Gasteiger partial charge in [-0.3, -0.25) is 0 Å². The molecule has 1 aliphatic carbocycles. The third kappa shape index (κ3) is 5.87. The summed E-state index contributed by atoms with van der Waals surface area (Å²) in [5, 5.41) is 9.24. The number of aliphatic hydroxyl groups excluding tert-OH is 1. The Bertz CT molecular complexity index is 174. The first-order chi connectivity index (χ1) is 8.30. The molecule has 0 bridgehead atoms. The summed E-state index contributed by atoms with van der Waals surface area (Å²) in [6, 6.07) is 0. The number of rotatable bonds is 8. The normalized spacial score (nSPS) is 27.0. The first-order valence-corrected chi connectivity index (χ1v) is 7.43. The standard InChI is InChI=1S/C15H30O2/c1-3-5-14(12-16)7-4-6-13-8-10-15(17-2)11-9-13/h13-16H,3-12H2,1-2H3. The van der Waals surface area contributed by atoms with Gasteiger partial charge in [-0.15, -0.1) is 0 Å². The molecule has 0 aromatic carbocycles. The van der Waals surface area contributed by atoms with Gasteiger partial charge in [0.25, 0.3) is 0 Å². The van der Waals surface area contributed by atoms with Crippen molar-refractivity contribution in [1.82, 2.24) is 0 Å². The minimum atomic E-state index is 0.379. The Kier molecular flexibility index (Phi) is 7.87. The van der Waals surface area contributed by atoms with Crippen molar-refractivity contribution in [3.8, 4) is 0 Å². The summed E-state index contributed by atoms with van der Waals surface area (Å²) < 4.78 is 5.40. The molecule has 0 radical (unpaired) electrons. The maximum atomic E-state index is 9.24. The quantitative estimate of drug-likeness (QED) is 0.702. The Morgan fingerprint density at radius 1 is 1.18 bits per heavy atom. The zero-order valence-electron chi connectivity index (χ0n) is 11.7. The number of ether oxygens (including phenoxy) is 1. The first kappa shape index (κ1) is 15.0. The van der Waals surface area contributed by atoms with Crippen LogP contribution in [0.15, 0.2) is 0 Å². The van der Waals surface area contributed by atoms with E-state index in [1.165, 1.54) is 57.8 Å². The van der Waals surface area contributed by atoms with E-state index < -0.39 is 0 Å². The molecule has 1 saturated carbocycles. The SMILES string of the molecule is CCCC(CO)CCCC1CCC(OC)CC1. The van der Waals surface area contributed by atoms with Crippen molar-refractivity contribution >= 4 is 0 Å². The Morgan fingerprint density at radius 2 is 1.88 bits per heavy atom. The van der Waals surface area contributed by atoms with Gasteiger partial charge >= 0.3 is 0 Å². The highest BCUT2D eigenvalue weighted by atomic mass is 16.5. The van der Waals surface area contributed by atoms with Crippen LogP contribution in [-0.2, 0) is 4.74 Å². The van der Waals surface area contributed by atoms with Crippen LogP contribution in [0.2, 0.25) is 0 Å². The van der Waals surface area contributed by atoms with E-state index in [1.807, 2.05) is 7.11 Å². The van der Waals surface area contributed by atoms with Gasteiger partial charge in [0, 0.05) is 13.7 Å². The molecule has 102 valence electrons. The van der Waals surface area contributed by atoms with E-state index in [0.29, 0.717) is 18.6 Å². The second-order valence-corrected chi connectivity index (χ2v) is 5.65. The van der Waals surface area contributed by atoms with E-state index in [9.17, 15) is 5.11 Å². The van der Waals surface area contributed by atoms with E-state index in [0.717, 1.165) is 5.92 Å². The second-order valence-electron chi connectivity index (χ2n) is 5.65. The number of methoxy groups -OCH3 is 1. The van der Waals surface area contributed by atoms with Crippen molar-refractivity contribution in [2.75, 3.05) is 13.7 Å². The molecule has 0 aromatic heterocycles. The number of hydrogen-bond acceptors (Lipinski definition) is 2. The Hall–Kier alpha value is -0.0800. The highest BCUT2D eigenvalue weighted by Crippen LogP contribution is 2.30. The summed E-state index contributed by atoms with van der Waals surface area (Å²) in [6.45, 7) is 2.58. The zero-order valence-corrected chi connectivity index (χ0v) is 11.7. The lowest BCUT2D eigenvalue weighted by atomic mass is 9.83. The molecular weight excluding hydrogens is 212 g/mol. The molecule has 0 spiro atoms. The molecule has 1 rings (SSSR count). The van der Waals surface area contributed by atoms with Gasteiger partial charge in [-0.2, -0.15) is 0 Å². The van der Waals surface area contributed by atoms with Gasteiger partial charge < -0.3 is 9.84 Å². The number of aliphatic hydroxyl groups is 1. The lowest BCUT2D eigenvalue weighted by molar-refractivity contribution is 0.0548. The van der Waals surface area contributed by atoms with Gasteiger partial charge in [-0.25, -0.2) is 0 Å². The lowest BCUT2D eigenvalue weighted by Gasteiger charge is -2.27. The summed E-state index contributed by atoms with van der Waals surface area (Å²) in [6.07, 6.45) is 12.0. The second kappa shape index (κ2) is 8.93. The molecule has 0 aromatic rings. The van der Waals surface area contributed by atoms with E-state index in [-0.39, 0.29) is 0 Å². The van der Waals surface area contributed by atoms with E-state index in [4.69, 9.17) is 4.74 Å². The fraction of sp³-hybridized carbons (Fsp3) is 1.00. The molecule has 1 N–H and O–H groups in total. The van der Waals surface area contributed by atoms with E-state index >= 15 is 0 Å². The van der Waals surface area contributed by atoms with Crippen molar-refractivity contribution in [2.45, 2.75) is 70.8 Å². The Labute approximate surface area is 107 Å². The van der Waals surface area contributed by atoms with Crippen LogP contribution in [0.1, 0.15) is 64.7 Å². The van der Waals surface area contributed by atoms with E-state index in [2.05, 4.69) is 6.92 Å². The predicted octanol–water partition coefficient (Wildman–Crippen LogP) is 3.77. The first-order valence-electron chi connectivity index (χ1n) is 7.43. The van der Waals surface area contributed by atoms with Crippen molar-refractivity contribution in [2.24, 2.45) is 11.8 Å². The number of hydrogen-bond donors (Lipinski definition) is 1. The van der Waals surface area contributed by atoms with Crippen molar-refractivity contribution < 1.29 is 9.84 Å². The molecule has 0 amide bonds. The van der Waals surface area contributed by atoms with Crippen LogP contribution in [-0.4, -0.2) is 24.9 Å². The zero-order chi connectivity index (χ0) is 12.5. The summed E-state index contributed by atoms with van der Waals surface area (Å²) in [5.41, 5.74) is 0. The van der Waals surface area contributed by atoms with Crippen molar-refractivity contribution in [3.05, 3.63) is 0 Å². The third-order valence-corrected chi connectivity index (χ3v) is 4.31. The Morgan fingerprint density at radius 3 is 2.41 bits per heavy atom. The van der Waals surface area contributed by atoms with Gasteiger partial charge in [0.15, 0.2) is 0 Å². The molecule has 17 heavy (non-hydrogen) atoms. The summed E-state index contributed by atoms with van der Waals surface area (Å²) in [4.78, 5) is 0. The fourth-order valence-electron chi connectivity index (χ4n) is 3.09. The van der Waals surface area contributed by atoms with Crippen LogP contribution in [0.3, 0.4) is 0 Å². The molecule has 1 fully saturated rings. The van der Waals surface area contributed by atoms with Gasteiger partial charge in [-0.1, -0.05) is 26.2 Å². The highest BCUT2D eigenvalue weighted by molar-refractivity contribution is 4.73. The van der Waals surface area contributed by atoms with Crippen LogP contribution < -0.4 is 0 Å². The van der Waals surface area contributed by atoms with Crippen LogP contribution in [0.4, 0.5) is 0 Å². The lowest BCUT2D eigenvalue weighted by Crippen LogP contribution is -2.20. The molecule has 1 unspecified atom stereocenters. The van der Waals surface area contributed by atoms with Gasteiger partial charge in [0.2, 0.25) is 0 Å². The summed E-state index contributed by atoms with van der Waals surface area (Å²) in [5.74, 6) is 1.47. The molecule has 1 aliphatic rings. The fourth-order valence-corrected chi connectivity index (χ4v) is 3.09. The van der Waals surface area contributed by atoms with E-state index in [1.54, 1.807) is 0 Å². The van der Waals surface area contributed by atoms with Crippen LogP contribution in [0, 0.1) is 11.8 Å². The average molecular weight is 242 g/mol. The topological polar surface area (TPSA) is 29.5 Å².